The van der Waals surface area contributed by atoms with Crippen LogP contribution in [0.25, 0.3) is 0 Å². The Labute approximate surface area is 132 Å². The number of hydrogen-bond donors (Lipinski definition) is 1. The van der Waals surface area contributed by atoms with E-state index in [1.165, 1.54) is 11.8 Å². The first kappa shape index (κ1) is 16.3. The van der Waals surface area contributed by atoms with Crippen LogP contribution in [0.15, 0.2) is 41.3 Å². The van der Waals surface area contributed by atoms with Crippen molar-refractivity contribution in [3.8, 4) is 0 Å². The molecular formula is C16H16ClF2NS. The molecule has 5 heteroatoms. The molecule has 1 N–H and O–H groups in total. The molecule has 1 nitrogen and oxygen atoms in total. The van der Waals surface area contributed by atoms with Gasteiger partial charge < -0.3 is 5.32 Å². The van der Waals surface area contributed by atoms with E-state index in [-0.39, 0.29) is 6.04 Å². The summed E-state index contributed by atoms with van der Waals surface area (Å²) in [6.07, 6.45) is 0. The van der Waals surface area contributed by atoms with Crippen molar-refractivity contribution in [2.24, 2.45) is 0 Å². The van der Waals surface area contributed by atoms with Gasteiger partial charge in [0.2, 0.25) is 0 Å². The van der Waals surface area contributed by atoms with Crippen LogP contribution in [0.5, 0.6) is 0 Å². The van der Waals surface area contributed by atoms with Crippen LogP contribution in [-0.4, -0.2) is 12.8 Å². The van der Waals surface area contributed by atoms with E-state index in [9.17, 15) is 8.78 Å². The maximum atomic E-state index is 14.1. The Kier molecular flexibility index (Phi) is 5.62. The van der Waals surface area contributed by atoms with Crippen LogP contribution in [0.2, 0.25) is 5.02 Å². The highest BCUT2D eigenvalue weighted by Crippen LogP contribution is 2.31. The summed E-state index contributed by atoms with van der Waals surface area (Å²) in [4.78, 5) is 0.924. The summed E-state index contributed by atoms with van der Waals surface area (Å²) in [6.45, 7) is 1.55. The summed E-state index contributed by atoms with van der Waals surface area (Å²) in [5, 5.41) is 3.69. The molecule has 1 unspecified atom stereocenters. The molecule has 21 heavy (non-hydrogen) atoms. The summed E-state index contributed by atoms with van der Waals surface area (Å²) in [5.41, 5.74) is 0.644. The molecule has 0 aromatic heterocycles. The smallest absolute Gasteiger partial charge is 0.163 e. The lowest BCUT2D eigenvalue weighted by atomic mass is 10.1. The van der Waals surface area contributed by atoms with Crippen LogP contribution in [0.3, 0.4) is 0 Å². The number of nitrogens with one attached hydrogen (secondary N) is 1. The third-order valence-corrected chi connectivity index (χ3v) is 4.88. The lowest BCUT2D eigenvalue weighted by Crippen LogP contribution is -2.20. The van der Waals surface area contributed by atoms with Crippen LogP contribution in [0, 0.1) is 18.6 Å². The Hall–Kier alpha value is -1.10. The van der Waals surface area contributed by atoms with E-state index in [0.29, 0.717) is 21.9 Å². The number of benzene rings is 2. The van der Waals surface area contributed by atoms with Gasteiger partial charge in [-0.2, -0.15) is 0 Å². The molecule has 0 saturated carbocycles. The number of aryl methyl sites for hydroxylation is 1. The first-order valence-electron chi connectivity index (χ1n) is 6.53. The van der Waals surface area contributed by atoms with Gasteiger partial charge >= 0.3 is 0 Å². The van der Waals surface area contributed by atoms with E-state index in [0.717, 1.165) is 4.90 Å². The van der Waals surface area contributed by atoms with Crippen LogP contribution in [-0.2, 0) is 0 Å². The van der Waals surface area contributed by atoms with Crippen molar-refractivity contribution in [2.75, 3.05) is 12.8 Å². The topological polar surface area (TPSA) is 12.0 Å². The second-order valence-corrected chi connectivity index (χ2v) is 6.15. The summed E-state index contributed by atoms with van der Waals surface area (Å²) >= 11 is 7.61. The molecule has 2 aromatic carbocycles. The van der Waals surface area contributed by atoms with Crippen LogP contribution >= 0.6 is 23.4 Å². The van der Waals surface area contributed by atoms with Gasteiger partial charge in [-0.3, -0.25) is 0 Å². The summed E-state index contributed by atoms with van der Waals surface area (Å²) in [6, 6.07) is 10.4. The maximum Gasteiger partial charge on any atom is 0.163 e. The molecule has 0 bridgehead atoms. The van der Waals surface area contributed by atoms with E-state index in [1.54, 1.807) is 26.1 Å². The van der Waals surface area contributed by atoms with E-state index in [4.69, 9.17) is 11.6 Å². The zero-order valence-electron chi connectivity index (χ0n) is 11.8. The SMILES string of the molecule is CNC(CSc1ccccc1Cl)c1ccc(C)c(F)c1F. The molecule has 0 radical (unpaired) electrons. The van der Waals surface area contributed by atoms with Crippen molar-refractivity contribution < 1.29 is 8.78 Å². The van der Waals surface area contributed by atoms with Crippen molar-refractivity contribution in [1.29, 1.82) is 0 Å². The quantitative estimate of drug-likeness (QED) is 0.777. The zero-order chi connectivity index (χ0) is 15.4. The van der Waals surface area contributed by atoms with Crippen molar-refractivity contribution in [3.05, 3.63) is 64.2 Å². The van der Waals surface area contributed by atoms with Crippen LogP contribution < -0.4 is 5.32 Å². The zero-order valence-corrected chi connectivity index (χ0v) is 13.4. The van der Waals surface area contributed by atoms with Gasteiger partial charge in [0.25, 0.3) is 0 Å². The van der Waals surface area contributed by atoms with Crippen molar-refractivity contribution in [1.82, 2.24) is 5.32 Å². The lowest BCUT2D eigenvalue weighted by molar-refractivity contribution is 0.479. The standard InChI is InChI=1S/C16H16ClF2NS/c1-10-7-8-11(16(19)15(10)18)13(20-2)9-21-14-6-4-3-5-12(14)17/h3-8,13,20H,9H2,1-2H3. The predicted octanol–water partition coefficient (Wildman–Crippen LogP) is 4.98. The molecule has 0 saturated heterocycles. The Morgan fingerprint density at radius 2 is 1.86 bits per heavy atom. The molecule has 2 rings (SSSR count). The molecule has 0 spiro atoms. The first-order chi connectivity index (χ1) is 10.0. The van der Waals surface area contributed by atoms with Crippen LogP contribution in [0.1, 0.15) is 17.2 Å². The fourth-order valence-electron chi connectivity index (χ4n) is 1.99. The fraction of sp³-hybridized carbons (Fsp3) is 0.250. The molecule has 0 fully saturated rings. The van der Waals surface area contributed by atoms with Gasteiger partial charge in [-0.25, -0.2) is 8.78 Å². The Bertz CT molecular complexity index is 634. The van der Waals surface area contributed by atoms with Crippen molar-refractivity contribution in [3.63, 3.8) is 0 Å². The van der Waals surface area contributed by atoms with Gasteiger partial charge in [-0.15, -0.1) is 11.8 Å². The summed E-state index contributed by atoms with van der Waals surface area (Å²) in [7, 11) is 1.73. The molecule has 112 valence electrons. The highest BCUT2D eigenvalue weighted by atomic mass is 35.5. The first-order valence-corrected chi connectivity index (χ1v) is 7.90. The minimum atomic E-state index is -0.783. The molecule has 0 amide bonds. The third kappa shape index (κ3) is 3.76. The summed E-state index contributed by atoms with van der Waals surface area (Å²) < 4.78 is 27.7. The van der Waals surface area contributed by atoms with Gasteiger partial charge in [-0.1, -0.05) is 35.9 Å². The molecule has 0 aliphatic carbocycles. The van der Waals surface area contributed by atoms with Gasteiger partial charge in [-0.05, 0) is 31.7 Å². The average molecular weight is 328 g/mol. The third-order valence-electron chi connectivity index (χ3n) is 3.27. The monoisotopic (exact) mass is 327 g/mol. The highest BCUT2D eigenvalue weighted by Gasteiger charge is 2.19. The molecule has 0 aliphatic heterocycles. The Morgan fingerprint density at radius 3 is 2.52 bits per heavy atom. The number of hydrogen-bond acceptors (Lipinski definition) is 2. The van der Waals surface area contributed by atoms with Crippen molar-refractivity contribution in [2.45, 2.75) is 17.9 Å². The minimum Gasteiger partial charge on any atom is -0.312 e. The number of rotatable bonds is 5. The summed E-state index contributed by atoms with van der Waals surface area (Å²) in [5.74, 6) is -1.01. The predicted molar refractivity (Wildman–Crippen MR) is 85.1 cm³/mol. The average Bonchev–Trinajstić information content (AvgIpc) is 2.49. The maximum absolute atomic E-state index is 14.1. The van der Waals surface area contributed by atoms with E-state index < -0.39 is 11.6 Å². The van der Waals surface area contributed by atoms with Crippen LogP contribution in [0.4, 0.5) is 8.78 Å². The largest absolute Gasteiger partial charge is 0.312 e. The molecule has 2 aromatic rings. The number of thioether (sulfide) groups is 1. The minimum absolute atomic E-state index is 0.290. The van der Waals surface area contributed by atoms with Gasteiger partial charge in [0.05, 0.1) is 5.02 Å². The normalized spacial score (nSPS) is 12.4. The van der Waals surface area contributed by atoms with Gasteiger partial charge in [0.15, 0.2) is 11.6 Å². The molecular weight excluding hydrogens is 312 g/mol. The van der Waals surface area contributed by atoms with E-state index in [2.05, 4.69) is 5.32 Å². The number of halogens is 3. The molecule has 0 aliphatic rings. The second-order valence-electron chi connectivity index (χ2n) is 4.68. The van der Waals surface area contributed by atoms with E-state index >= 15 is 0 Å². The van der Waals surface area contributed by atoms with E-state index in [1.807, 2.05) is 24.3 Å². The lowest BCUT2D eigenvalue weighted by Gasteiger charge is -2.18. The van der Waals surface area contributed by atoms with Gasteiger partial charge in [0, 0.05) is 22.3 Å². The van der Waals surface area contributed by atoms with Gasteiger partial charge in [0.1, 0.15) is 0 Å². The Balaban J connectivity index is 2.18. The Morgan fingerprint density at radius 1 is 1.14 bits per heavy atom. The second kappa shape index (κ2) is 7.25. The molecule has 0 heterocycles. The fourth-order valence-corrected chi connectivity index (χ4v) is 3.37. The molecule has 1 atom stereocenters. The highest BCUT2D eigenvalue weighted by molar-refractivity contribution is 7.99. The van der Waals surface area contributed by atoms with Crippen molar-refractivity contribution >= 4 is 23.4 Å².